The van der Waals surface area contributed by atoms with E-state index >= 15 is 0 Å². The van der Waals surface area contributed by atoms with Gasteiger partial charge in [0, 0.05) is 5.57 Å². The van der Waals surface area contributed by atoms with Crippen molar-refractivity contribution in [3.63, 3.8) is 0 Å². The molecule has 5 heteroatoms. The predicted molar refractivity (Wildman–Crippen MR) is 49.8 cm³/mol. The van der Waals surface area contributed by atoms with E-state index in [-0.39, 0.29) is 5.57 Å². The molecular weight excluding hydrogens is 171 g/mol. The first-order valence-electron chi connectivity index (χ1n) is 4.00. The van der Waals surface area contributed by atoms with Crippen LogP contribution in [0.1, 0.15) is 27.7 Å². The summed E-state index contributed by atoms with van der Waals surface area (Å²) in [6, 6.07) is 0. The van der Waals surface area contributed by atoms with Crippen molar-refractivity contribution in [3.8, 4) is 0 Å². The molecule has 0 radical (unpaired) electrons. The van der Waals surface area contributed by atoms with Gasteiger partial charge in [-0.15, -0.1) is 0 Å². The van der Waals surface area contributed by atoms with Crippen molar-refractivity contribution in [1.29, 1.82) is 0 Å². The molecule has 0 aromatic heterocycles. The van der Waals surface area contributed by atoms with Gasteiger partial charge in [0.25, 0.3) is 0 Å². The third-order valence-electron chi connectivity index (χ3n) is 1.12. The van der Waals surface area contributed by atoms with Crippen LogP contribution in [-0.4, -0.2) is 28.7 Å². The van der Waals surface area contributed by atoms with Crippen LogP contribution in [0.3, 0.4) is 0 Å². The summed E-state index contributed by atoms with van der Waals surface area (Å²) >= 11 is 0. The molecule has 2 N–H and O–H groups in total. The Morgan fingerprint density at radius 2 is 1.85 bits per heavy atom. The topological polar surface area (TPSA) is 66.8 Å². The largest absolute Gasteiger partial charge is 0.481 e. The van der Waals surface area contributed by atoms with Crippen molar-refractivity contribution < 1.29 is 19.6 Å². The molecule has 0 fully saturated rings. The Balaban J connectivity index is 4.29. The Morgan fingerprint density at radius 1 is 1.38 bits per heavy atom. The highest BCUT2D eigenvalue weighted by Gasteiger charge is 2.18. The van der Waals surface area contributed by atoms with E-state index in [0.29, 0.717) is 0 Å². The van der Waals surface area contributed by atoms with E-state index < -0.39 is 18.7 Å². The number of carbonyl (C=O) groups excluding carboxylic acids is 1. The summed E-state index contributed by atoms with van der Waals surface area (Å²) in [7, 11) is -1.62. The van der Waals surface area contributed by atoms with Crippen molar-refractivity contribution in [2.75, 3.05) is 0 Å². The van der Waals surface area contributed by atoms with E-state index in [4.69, 9.17) is 14.8 Å². The molecule has 0 aliphatic rings. The van der Waals surface area contributed by atoms with Crippen LogP contribution in [0.15, 0.2) is 11.5 Å². The van der Waals surface area contributed by atoms with Crippen LogP contribution in [-0.2, 0) is 9.53 Å². The van der Waals surface area contributed by atoms with Crippen molar-refractivity contribution >= 4 is 13.1 Å². The van der Waals surface area contributed by atoms with Crippen LogP contribution in [0.2, 0.25) is 0 Å². The zero-order chi connectivity index (χ0) is 10.6. The lowest BCUT2D eigenvalue weighted by molar-refractivity contribution is -0.149. The zero-order valence-corrected chi connectivity index (χ0v) is 8.37. The SMILES string of the molecule is C/C(=C\B(O)O)C(=O)OC(C)(C)C. The van der Waals surface area contributed by atoms with E-state index in [1.807, 2.05) is 0 Å². The second-order valence-corrected chi connectivity index (χ2v) is 3.77. The Hall–Kier alpha value is -0.805. The fourth-order valence-corrected chi connectivity index (χ4v) is 0.650. The number of esters is 1. The number of hydrogen-bond acceptors (Lipinski definition) is 4. The van der Waals surface area contributed by atoms with Crippen LogP contribution < -0.4 is 0 Å². The molecule has 0 atom stereocenters. The predicted octanol–water partition coefficient (Wildman–Crippen LogP) is 0.286. The Bertz CT molecular complexity index is 215. The lowest BCUT2D eigenvalue weighted by atomic mass is 9.89. The lowest BCUT2D eigenvalue weighted by Crippen LogP contribution is -2.25. The number of hydrogen-bond donors (Lipinski definition) is 2. The van der Waals surface area contributed by atoms with E-state index in [0.717, 1.165) is 5.98 Å². The maximum absolute atomic E-state index is 11.2. The van der Waals surface area contributed by atoms with Crippen LogP contribution >= 0.6 is 0 Å². The van der Waals surface area contributed by atoms with Crippen LogP contribution in [0.4, 0.5) is 0 Å². The van der Waals surface area contributed by atoms with E-state index in [1.165, 1.54) is 6.92 Å². The summed E-state index contributed by atoms with van der Waals surface area (Å²) in [4.78, 5) is 11.2. The molecular formula is C8H15BO4. The van der Waals surface area contributed by atoms with Gasteiger partial charge in [-0.25, -0.2) is 4.79 Å². The summed E-state index contributed by atoms with van der Waals surface area (Å²) in [5.74, 6) is 0.481. The molecule has 0 amide bonds. The first kappa shape index (κ1) is 12.2. The minimum Gasteiger partial charge on any atom is -0.457 e. The Kier molecular flexibility index (Phi) is 4.16. The molecule has 0 aliphatic carbocycles. The van der Waals surface area contributed by atoms with Gasteiger partial charge in [-0.2, -0.15) is 0 Å². The molecule has 0 spiro atoms. The van der Waals surface area contributed by atoms with Crippen molar-refractivity contribution in [2.45, 2.75) is 33.3 Å². The standard InChI is InChI=1S/C8H15BO4/c1-6(5-9(11)12)7(10)13-8(2,3)4/h5,11-12H,1-4H3/b6-5+. The van der Waals surface area contributed by atoms with Gasteiger partial charge in [0.05, 0.1) is 0 Å². The molecule has 0 rings (SSSR count). The van der Waals surface area contributed by atoms with Crippen molar-refractivity contribution in [3.05, 3.63) is 11.5 Å². The van der Waals surface area contributed by atoms with Gasteiger partial charge in [0.1, 0.15) is 5.60 Å². The van der Waals surface area contributed by atoms with Gasteiger partial charge in [0.15, 0.2) is 0 Å². The zero-order valence-electron chi connectivity index (χ0n) is 8.37. The Labute approximate surface area is 78.4 Å². The average molecular weight is 186 g/mol. The summed E-state index contributed by atoms with van der Waals surface area (Å²) in [5, 5.41) is 17.1. The van der Waals surface area contributed by atoms with Gasteiger partial charge in [-0.3, -0.25) is 0 Å². The molecule has 0 heterocycles. The van der Waals surface area contributed by atoms with Gasteiger partial charge < -0.3 is 14.8 Å². The van der Waals surface area contributed by atoms with Crippen molar-refractivity contribution in [2.24, 2.45) is 0 Å². The highest BCUT2D eigenvalue weighted by atomic mass is 16.6. The molecule has 0 saturated heterocycles. The molecule has 0 bridgehead atoms. The minimum absolute atomic E-state index is 0.185. The summed E-state index contributed by atoms with van der Waals surface area (Å²) in [5.41, 5.74) is -0.378. The first-order valence-corrected chi connectivity index (χ1v) is 4.00. The quantitative estimate of drug-likeness (QED) is 0.369. The lowest BCUT2D eigenvalue weighted by Gasteiger charge is -2.19. The van der Waals surface area contributed by atoms with E-state index in [1.54, 1.807) is 20.8 Å². The fourth-order valence-electron chi connectivity index (χ4n) is 0.650. The number of rotatable bonds is 2. The van der Waals surface area contributed by atoms with Gasteiger partial charge >= 0.3 is 13.1 Å². The number of ether oxygens (including phenoxy) is 1. The molecule has 0 unspecified atom stereocenters. The second kappa shape index (κ2) is 4.44. The molecule has 4 nitrogen and oxygen atoms in total. The fraction of sp³-hybridized carbons (Fsp3) is 0.625. The van der Waals surface area contributed by atoms with Gasteiger partial charge in [-0.05, 0) is 33.7 Å². The highest BCUT2D eigenvalue weighted by molar-refractivity contribution is 6.48. The van der Waals surface area contributed by atoms with Crippen molar-refractivity contribution in [1.82, 2.24) is 0 Å². The number of carbonyl (C=O) groups is 1. The van der Waals surface area contributed by atoms with Crippen LogP contribution in [0, 0.1) is 0 Å². The molecule has 13 heavy (non-hydrogen) atoms. The molecule has 0 aliphatic heterocycles. The Morgan fingerprint density at radius 3 is 2.15 bits per heavy atom. The molecule has 0 aromatic rings. The van der Waals surface area contributed by atoms with Crippen LogP contribution in [0.5, 0.6) is 0 Å². The van der Waals surface area contributed by atoms with Crippen LogP contribution in [0.25, 0.3) is 0 Å². The second-order valence-electron chi connectivity index (χ2n) is 3.77. The maximum Gasteiger partial charge on any atom is 0.481 e. The minimum atomic E-state index is -1.62. The van der Waals surface area contributed by atoms with Gasteiger partial charge in [0.2, 0.25) is 0 Å². The monoisotopic (exact) mass is 186 g/mol. The van der Waals surface area contributed by atoms with Gasteiger partial charge in [-0.1, -0.05) is 0 Å². The average Bonchev–Trinajstić information content (AvgIpc) is 1.81. The van der Waals surface area contributed by atoms with E-state index in [2.05, 4.69) is 0 Å². The maximum atomic E-state index is 11.2. The third-order valence-corrected chi connectivity index (χ3v) is 1.12. The normalized spacial score (nSPS) is 12.6. The molecule has 0 saturated carbocycles. The summed E-state index contributed by atoms with van der Waals surface area (Å²) in [6.45, 7) is 6.70. The third kappa shape index (κ3) is 6.36. The summed E-state index contributed by atoms with van der Waals surface area (Å²) in [6.07, 6.45) is 0. The molecule has 0 aromatic carbocycles. The highest BCUT2D eigenvalue weighted by Crippen LogP contribution is 2.10. The van der Waals surface area contributed by atoms with E-state index in [9.17, 15) is 4.79 Å². The molecule has 74 valence electrons. The smallest absolute Gasteiger partial charge is 0.457 e. The first-order chi connectivity index (χ1) is 5.72. The summed E-state index contributed by atoms with van der Waals surface area (Å²) < 4.78 is 4.97.